The number of benzene rings is 2. The monoisotopic (exact) mass is 355 g/mol. The Morgan fingerprint density at radius 2 is 1.77 bits per heavy atom. The van der Waals surface area contributed by atoms with Gasteiger partial charge in [-0.3, -0.25) is 4.79 Å². The molecule has 1 amide bonds. The van der Waals surface area contributed by atoms with E-state index in [4.69, 9.17) is 9.47 Å². The number of hydrogen-bond acceptors (Lipinski definition) is 4. The standard InChI is InChI=1S/C21H25NO4/c1-4-5-12-25-18-10-8-17(9-11-18)21(24)26-14-20(23)22-19-13-15(2)6-7-16(19)3/h6-11,13H,4-5,12,14H2,1-3H3,(H,22,23). The molecule has 0 saturated heterocycles. The summed E-state index contributed by atoms with van der Waals surface area (Å²) in [4.78, 5) is 24.1. The van der Waals surface area contributed by atoms with Crippen LogP contribution >= 0.6 is 0 Å². The van der Waals surface area contributed by atoms with Gasteiger partial charge >= 0.3 is 5.97 Å². The first-order valence-corrected chi connectivity index (χ1v) is 8.76. The Balaban J connectivity index is 1.83. The van der Waals surface area contributed by atoms with Gasteiger partial charge < -0.3 is 14.8 Å². The average molecular weight is 355 g/mol. The minimum atomic E-state index is -0.541. The summed E-state index contributed by atoms with van der Waals surface area (Å²) in [7, 11) is 0. The van der Waals surface area contributed by atoms with E-state index in [0.717, 1.165) is 29.7 Å². The van der Waals surface area contributed by atoms with Crippen LogP contribution in [-0.2, 0) is 9.53 Å². The normalized spacial score (nSPS) is 10.3. The maximum absolute atomic E-state index is 12.1. The SMILES string of the molecule is CCCCOc1ccc(C(=O)OCC(=O)Nc2cc(C)ccc2C)cc1. The number of carbonyl (C=O) groups is 2. The molecule has 0 fully saturated rings. The first-order valence-electron chi connectivity index (χ1n) is 8.76. The molecule has 0 aliphatic heterocycles. The predicted molar refractivity (Wildman–Crippen MR) is 102 cm³/mol. The van der Waals surface area contributed by atoms with Gasteiger partial charge in [-0.05, 0) is 61.7 Å². The van der Waals surface area contributed by atoms with Crippen molar-refractivity contribution in [2.45, 2.75) is 33.6 Å². The molecule has 0 spiro atoms. The molecule has 2 aromatic rings. The molecule has 0 atom stereocenters. The van der Waals surface area contributed by atoms with Crippen LogP contribution in [-0.4, -0.2) is 25.1 Å². The first kappa shape index (κ1) is 19.5. The number of anilines is 1. The number of esters is 1. The number of amides is 1. The molecule has 0 radical (unpaired) electrons. The minimum absolute atomic E-state index is 0.332. The highest BCUT2D eigenvalue weighted by atomic mass is 16.5. The van der Waals surface area contributed by atoms with Crippen LogP contribution in [0.4, 0.5) is 5.69 Å². The van der Waals surface area contributed by atoms with E-state index < -0.39 is 5.97 Å². The van der Waals surface area contributed by atoms with Crippen LogP contribution in [0.15, 0.2) is 42.5 Å². The van der Waals surface area contributed by atoms with E-state index in [9.17, 15) is 9.59 Å². The lowest BCUT2D eigenvalue weighted by Crippen LogP contribution is -2.21. The Kier molecular flexibility index (Phi) is 7.21. The maximum Gasteiger partial charge on any atom is 0.338 e. The Morgan fingerprint density at radius 1 is 1.04 bits per heavy atom. The third-order valence-corrected chi connectivity index (χ3v) is 3.86. The number of unbranched alkanes of at least 4 members (excludes halogenated alkanes) is 1. The molecule has 5 heteroatoms. The predicted octanol–water partition coefficient (Wildman–Crippen LogP) is 4.28. The van der Waals surface area contributed by atoms with Crippen molar-refractivity contribution in [3.8, 4) is 5.75 Å². The van der Waals surface area contributed by atoms with Crippen molar-refractivity contribution >= 4 is 17.6 Å². The van der Waals surface area contributed by atoms with E-state index in [1.54, 1.807) is 24.3 Å². The summed E-state index contributed by atoms with van der Waals surface area (Å²) in [5.41, 5.74) is 3.10. The summed E-state index contributed by atoms with van der Waals surface area (Å²) in [6, 6.07) is 12.5. The van der Waals surface area contributed by atoms with Crippen molar-refractivity contribution in [1.29, 1.82) is 0 Å². The zero-order chi connectivity index (χ0) is 18.9. The summed E-state index contributed by atoms with van der Waals surface area (Å²) in [6.45, 7) is 6.27. The molecular weight excluding hydrogens is 330 g/mol. The molecule has 0 aromatic heterocycles. The highest BCUT2D eigenvalue weighted by Gasteiger charge is 2.11. The third kappa shape index (κ3) is 5.92. The number of nitrogens with one attached hydrogen (secondary N) is 1. The molecule has 138 valence electrons. The molecular formula is C21H25NO4. The second-order valence-corrected chi connectivity index (χ2v) is 6.17. The number of rotatable bonds is 8. The van der Waals surface area contributed by atoms with Crippen molar-refractivity contribution in [1.82, 2.24) is 0 Å². The van der Waals surface area contributed by atoms with Gasteiger partial charge in [0.1, 0.15) is 5.75 Å². The fraction of sp³-hybridized carbons (Fsp3) is 0.333. The highest BCUT2D eigenvalue weighted by molar-refractivity contribution is 5.96. The van der Waals surface area contributed by atoms with Crippen LogP contribution < -0.4 is 10.1 Å². The molecule has 2 rings (SSSR count). The second-order valence-electron chi connectivity index (χ2n) is 6.17. The van der Waals surface area contributed by atoms with Gasteiger partial charge in [0.15, 0.2) is 6.61 Å². The largest absolute Gasteiger partial charge is 0.494 e. The minimum Gasteiger partial charge on any atom is -0.494 e. The van der Waals surface area contributed by atoms with E-state index >= 15 is 0 Å². The summed E-state index contributed by atoms with van der Waals surface area (Å²) in [5.74, 6) is -0.199. The Morgan fingerprint density at radius 3 is 2.46 bits per heavy atom. The highest BCUT2D eigenvalue weighted by Crippen LogP contribution is 2.16. The molecule has 1 N–H and O–H groups in total. The summed E-state index contributed by atoms with van der Waals surface area (Å²) in [6.07, 6.45) is 2.05. The first-order chi connectivity index (χ1) is 12.5. The summed E-state index contributed by atoms with van der Waals surface area (Å²) < 4.78 is 10.6. The zero-order valence-electron chi connectivity index (χ0n) is 15.5. The van der Waals surface area contributed by atoms with E-state index in [1.165, 1.54) is 0 Å². The number of carbonyl (C=O) groups excluding carboxylic acids is 2. The molecule has 0 heterocycles. The van der Waals surface area contributed by atoms with Crippen LogP contribution in [0.25, 0.3) is 0 Å². The van der Waals surface area contributed by atoms with Crippen LogP contribution in [0.1, 0.15) is 41.3 Å². The van der Waals surface area contributed by atoms with E-state index in [-0.39, 0.29) is 12.5 Å². The van der Waals surface area contributed by atoms with Crippen LogP contribution in [0.5, 0.6) is 5.75 Å². The number of hydrogen-bond donors (Lipinski definition) is 1. The van der Waals surface area contributed by atoms with Crippen LogP contribution in [0.3, 0.4) is 0 Å². The van der Waals surface area contributed by atoms with E-state index in [0.29, 0.717) is 17.9 Å². The molecule has 0 unspecified atom stereocenters. The Labute approximate surface area is 154 Å². The van der Waals surface area contributed by atoms with Crippen molar-refractivity contribution in [2.24, 2.45) is 0 Å². The number of ether oxygens (including phenoxy) is 2. The quantitative estimate of drug-likeness (QED) is 0.567. The Bertz CT molecular complexity index is 753. The topological polar surface area (TPSA) is 64.6 Å². The molecule has 0 aliphatic carbocycles. The van der Waals surface area contributed by atoms with E-state index in [2.05, 4.69) is 12.2 Å². The summed E-state index contributed by atoms with van der Waals surface area (Å²) >= 11 is 0. The smallest absolute Gasteiger partial charge is 0.338 e. The lowest BCUT2D eigenvalue weighted by Gasteiger charge is -2.10. The molecule has 0 aliphatic rings. The van der Waals surface area contributed by atoms with Gasteiger partial charge in [-0.15, -0.1) is 0 Å². The molecule has 0 bridgehead atoms. The van der Waals surface area contributed by atoms with Crippen molar-refractivity contribution < 1.29 is 19.1 Å². The number of aryl methyl sites for hydroxylation is 2. The van der Waals surface area contributed by atoms with Gasteiger partial charge in [-0.1, -0.05) is 25.5 Å². The molecule has 5 nitrogen and oxygen atoms in total. The van der Waals surface area contributed by atoms with Crippen LogP contribution in [0.2, 0.25) is 0 Å². The van der Waals surface area contributed by atoms with Crippen LogP contribution in [0, 0.1) is 13.8 Å². The summed E-state index contributed by atoms with van der Waals surface area (Å²) in [5, 5.41) is 2.76. The van der Waals surface area contributed by atoms with Crippen molar-refractivity contribution in [3.63, 3.8) is 0 Å². The van der Waals surface area contributed by atoms with Gasteiger partial charge in [-0.25, -0.2) is 4.79 Å². The molecule has 0 saturated carbocycles. The maximum atomic E-state index is 12.1. The van der Waals surface area contributed by atoms with Gasteiger partial charge in [0.05, 0.1) is 12.2 Å². The van der Waals surface area contributed by atoms with Crippen molar-refractivity contribution in [2.75, 3.05) is 18.5 Å². The third-order valence-electron chi connectivity index (χ3n) is 3.86. The fourth-order valence-electron chi connectivity index (χ4n) is 2.29. The second kappa shape index (κ2) is 9.61. The lowest BCUT2D eigenvalue weighted by atomic mass is 10.1. The molecule has 2 aromatic carbocycles. The van der Waals surface area contributed by atoms with E-state index in [1.807, 2.05) is 32.0 Å². The van der Waals surface area contributed by atoms with Gasteiger partial charge in [-0.2, -0.15) is 0 Å². The van der Waals surface area contributed by atoms with Gasteiger partial charge in [0.25, 0.3) is 5.91 Å². The zero-order valence-corrected chi connectivity index (χ0v) is 15.5. The van der Waals surface area contributed by atoms with Gasteiger partial charge in [0, 0.05) is 5.69 Å². The van der Waals surface area contributed by atoms with Crippen molar-refractivity contribution in [3.05, 3.63) is 59.2 Å². The van der Waals surface area contributed by atoms with Gasteiger partial charge in [0.2, 0.25) is 0 Å². The Hall–Kier alpha value is -2.82. The fourth-order valence-corrected chi connectivity index (χ4v) is 2.29. The molecule has 26 heavy (non-hydrogen) atoms. The lowest BCUT2D eigenvalue weighted by molar-refractivity contribution is -0.119. The average Bonchev–Trinajstić information content (AvgIpc) is 2.63.